The van der Waals surface area contributed by atoms with Gasteiger partial charge in [-0.25, -0.2) is 4.98 Å². The van der Waals surface area contributed by atoms with Gasteiger partial charge in [-0.15, -0.1) is 0 Å². The van der Waals surface area contributed by atoms with E-state index in [-0.39, 0.29) is 11.3 Å². The van der Waals surface area contributed by atoms with E-state index in [2.05, 4.69) is 11.9 Å². The Kier molecular flexibility index (Phi) is 4.91. The molecule has 19 heavy (non-hydrogen) atoms. The molecule has 0 saturated heterocycles. The molecular formula is C14H17ClN2OS. The molecule has 2 aromatic rings. The number of pyridine rings is 1. The molecule has 5 heteroatoms. The Hall–Kier alpha value is -0.970. The van der Waals surface area contributed by atoms with E-state index in [0.717, 1.165) is 23.0 Å². The van der Waals surface area contributed by atoms with E-state index in [1.54, 1.807) is 18.0 Å². The summed E-state index contributed by atoms with van der Waals surface area (Å²) in [5.41, 5.74) is 6.20. The van der Waals surface area contributed by atoms with Crippen LogP contribution in [0.5, 0.6) is 0 Å². The van der Waals surface area contributed by atoms with Crippen LogP contribution in [0.1, 0.15) is 30.1 Å². The first kappa shape index (κ1) is 14.4. The summed E-state index contributed by atoms with van der Waals surface area (Å²) in [6.45, 7) is 4.01. The van der Waals surface area contributed by atoms with Gasteiger partial charge in [-0.05, 0) is 37.6 Å². The third-order valence-electron chi connectivity index (χ3n) is 2.85. The van der Waals surface area contributed by atoms with Gasteiger partial charge in [0.2, 0.25) is 0 Å². The van der Waals surface area contributed by atoms with Crippen molar-refractivity contribution >= 4 is 23.4 Å². The van der Waals surface area contributed by atoms with E-state index < -0.39 is 0 Å². The Balaban J connectivity index is 2.21. The zero-order valence-corrected chi connectivity index (χ0v) is 12.5. The van der Waals surface area contributed by atoms with Crippen LogP contribution in [0.2, 0.25) is 5.02 Å². The Labute approximate surface area is 122 Å². The summed E-state index contributed by atoms with van der Waals surface area (Å²) < 4.78 is 5.71. The van der Waals surface area contributed by atoms with Crippen molar-refractivity contribution < 1.29 is 4.42 Å². The molecule has 0 spiro atoms. The van der Waals surface area contributed by atoms with Gasteiger partial charge in [0.1, 0.15) is 11.5 Å². The van der Waals surface area contributed by atoms with Crippen LogP contribution in [0, 0.1) is 6.92 Å². The van der Waals surface area contributed by atoms with Crippen molar-refractivity contribution in [2.45, 2.75) is 36.6 Å². The number of aryl methyl sites for hydroxylation is 1. The van der Waals surface area contributed by atoms with Gasteiger partial charge in [0, 0.05) is 12.2 Å². The van der Waals surface area contributed by atoms with Crippen molar-refractivity contribution in [3.63, 3.8) is 0 Å². The maximum absolute atomic E-state index is 6.20. The number of nitrogens with two attached hydrogens (primary N) is 1. The first-order chi connectivity index (χ1) is 9.10. The second-order valence-corrected chi connectivity index (χ2v) is 5.97. The number of hydrogen-bond acceptors (Lipinski definition) is 4. The van der Waals surface area contributed by atoms with E-state index in [4.69, 9.17) is 21.8 Å². The molecule has 0 aliphatic heterocycles. The SMILES string of the molecule is CCC(N)C(Sc1ccc(Cl)cn1)c1ccc(C)o1. The van der Waals surface area contributed by atoms with Crippen molar-refractivity contribution in [2.24, 2.45) is 5.73 Å². The van der Waals surface area contributed by atoms with Gasteiger partial charge in [0.05, 0.1) is 15.3 Å². The summed E-state index contributed by atoms with van der Waals surface area (Å²) in [7, 11) is 0. The smallest absolute Gasteiger partial charge is 0.119 e. The molecule has 2 unspecified atom stereocenters. The van der Waals surface area contributed by atoms with Gasteiger partial charge in [-0.1, -0.05) is 30.3 Å². The van der Waals surface area contributed by atoms with Gasteiger partial charge in [-0.3, -0.25) is 0 Å². The van der Waals surface area contributed by atoms with Gasteiger partial charge >= 0.3 is 0 Å². The van der Waals surface area contributed by atoms with Crippen LogP contribution < -0.4 is 5.73 Å². The highest BCUT2D eigenvalue weighted by Gasteiger charge is 2.23. The minimum absolute atomic E-state index is 0.0213. The van der Waals surface area contributed by atoms with Crippen molar-refractivity contribution in [3.8, 4) is 0 Å². The summed E-state index contributed by atoms with van der Waals surface area (Å²) in [6, 6.07) is 7.70. The lowest BCUT2D eigenvalue weighted by Gasteiger charge is -2.20. The summed E-state index contributed by atoms with van der Waals surface area (Å²) in [6.07, 6.45) is 2.52. The number of nitrogens with zero attached hydrogens (tertiary/aromatic N) is 1. The van der Waals surface area contributed by atoms with Gasteiger partial charge < -0.3 is 10.2 Å². The van der Waals surface area contributed by atoms with E-state index in [0.29, 0.717) is 5.02 Å². The fourth-order valence-electron chi connectivity index (χ4n) is 1.74. The molecule has 2 aromatic heterocycles. The van der Waals surface area contributed by atoms with Crippen molar-refractivity contribution in [1.82, 2.24) is 4.98 Å². The van der Waals surface area contributed by atoms with E-state index in [1.807, 2.05) is 31.2 Å². The summed E-state index contributed by atoms with van der Waals surface area (Å²) >= 11 is 7.45. The maximum atomic E-state index is 6.20. The highest BCUT2D eigenvalue weighted by molar-refractivity contribution is 7.99. The second kappa shape index (κ2) is 6.46. The Morgan fingerprint density at radius 3 is 2.68 bits per heavy atom. The van der Waals surface area contributed by atoms with Crippen LogP contribution in [-0.4, -0.2) is 11.0 Å². The average Bonchev–Trinajstić information content (AvgIpc) is 2.83. The normalized spacial score (nSPS) is 14.3. The molecule has 2 rings (SSSR count). The van der Waals surface area contributed by atoms with Crippen LogP contribution in [0.3, 0.4) is 0 Å². The third-order valence-corrected chi connectivity index (χ3v) is 4.39. The first-order valence-electron chi connectivity index (χ1n) is 6.20. The van der Waals surface area contributed by atoms with Crippen LogP contribution in [0.25, 0.3) is 0 Å². The van der Waals surface area contributed by atoms with Crippen molar-refractivity contribution in [3.05, 3.63) is 47.0 Å². The van der Waals surface area contributed by atoms with Gasteiger partial charge in [0.25, 0.3) is 0 Å². The molecule has 0 saturated carbocycles. The average molecular weight is 297 g/mol. The predicted octanol–water partition coefficient (Wildman–Crippen LogP) is 4.21. The standard InChI is InChI=1S/C14H17ClN2OS/c1-3-11(16)14(12-6-4-9(2)18-12)19-13-7-5-10(15)8-17-13/h4-8,11,14H,3,16H2,1-2H3. The molecule has 0 aromatic carbocycles. The highest BCUT2D eigenvalue weighted by Crippen LogP contribution is 2.38. The topological polar surface area (TPSA) is 52.0 Å². The van der Waals surface area contributed by atoms with Crippen LogP contribution in [0.4, 0.5) is 0 Å². The molecule has 0 aliphatic carbocycles. The quantitative estimate of drug-likeness (QED) is 0.840. The maximum Gasteiger partial charge on any atom is 0.119 e. The number of hydrogen-bond donors (Lipinski definition) is 1. The van der Waals surface area contributed by atoms with Gasteiger partial charge in [-0.2, -0.15) is 0 Å². The monoisotopic (exact) mass is 296 g/mol. The Bertz CT molecular complexity index is 526. The minimum atomic E-state index is 0.0213. The summed E-state index contributed by atoms with van der Waals surface area (Å²) in [4.78, 5) is 4.30. The summed E-state index contributed by atoms with van der Waals surface area (Å²) in [5, 5.41) is 1.59. The molecule has 2 N–H and O–H groups in total. The molecule has 0 radical (unpaired) electrons. The molecule has 0 bridgehead atoms. The third kappa shape index (κ3) is 3.75. The Morgan fingerprint density at radius 1 is 1.37 bits per heavy atom. The lowest BCUT2D eigenvalue weighted by atomic mass is 10.1. The first-order valence-corrected chi connectivity index (χ1v) is 7.46. The zero-order chi connectivity index (χ0) is 13.8. The largest absolute Gasteiger partial charge is 0.465 e. The van der Waals surface area contributed by atoms with Crippen LogP contribution in [0.15, 0.2) is 39.9 Å². The molecule has 0 fully saturated rings. The van der Waals surface area contributed by atoms with Crippen LogP contribution in [-0.2, 0) is 0 Å². The van der Waals surface area contributed by atoms with Crippen LogP contribution >= 0.6 is 23.4 Å². The Morgan fingerprint density at radius 2 is 2.16 bits per heavy atom. The number of furan rings is 1. The second-order valence-electron chi connectivity index (χ2n) is 4.37. The number of thioether (sulfide) groups is 1. The molecule has 2 atom stereocenters. The predicted molar refractivity (Wildman–Crippen MR) is 79.6 cm³/mol. The minimum Gasteiger partial charge on any atom is -0.465 e. The van der Waals surface area contributed by atoms with E-state index >= 15 is 0 Å². The van der Waals surface area contributed by atoms with Gasteiger partial charge in [0.15, 0.2) is 0 Å². The highest BCUT2D eigenvalue weighted by atomic mass is 35.5. The molecule has 2 heterocycles. The summed E-state index contributed by atoms with van der Waals surface area (Å²) in [5.74, 6) is 1.79. The lowest BCUT2D eigenvalue weighted by molar-refractivity contribution is 0.454. The van der Waals surface area contributed by atoms with E-state index in [9.17, 15) is 0 Å². The number of halogens is 1. The molecule has 3 nitrogen and oxygen atoms in total. The zero-order valence-electron chi connectivity index (χ0n) is 11.0. The molecule has 0 amide bonds. The van der Waals surface area contributed by atoms with Crippen molar-refractivity contribution in [2.75, 3.05) is 0 Å². The lowest BCUT2D eigenvalue weighted by Crippen LogP contribution is -2.25. The molecular weight excluding hydrogens is 280 g/mol. The molecule has 0 aliphatic rings. The number of rotatable bonds is 5. The number of aromatic nitrogens is 1. The fraction of sp³-hybridized carbons (Fsp3) is 0.357. The van der Waals surface area contributed by atoms with E-state index in [1.165, 1.54) is 0 Å². The van der Waals surface area contributed by atoms with Crippen molar-refractivity contribution in [1.29, 1.82) is 0 Å². The molecule has 102 valence electrons. The fourth-order valence-corrected chi connectivity index (χ4v) is 2.98.